The molecule has 0 aromatic heterocycles. The van der Waals surface area contributed by atoms with Gasteiger partial charge in [-0.1, -0.05) is 87.7 Å². The molecule has 55 heavy (non-hydrogen) atoms. The molecule has 4 N–H and O–H groups in total. The predicted molar refractivity (Wildman–Crippen MR) is 206 cm³/mol. The van der Waals surface area contributed by atoms with Crippen LogP contribution in [0.4, 0.5) is 0 Å². The second kappa shape index (κ2) is 16.2. The minimum atomic E-state index is -1.15. The zero-order valence-electron chi connectivity index (χ0n) is 32.1. The molecule has 1 aliphatic carbocycles. The Balaban J connectivity index is 1.27. The van der Waals surface area contributed by atoms with E-state index >= 15 is 0 Å². The van der Waals surface area contributed by atoms with Gasteiger partial charge in [0.05, 0.1) is 18.3 Å². The Morgan fingerprint density at radius 1 is 1.00 bits per heavy atom. The van der Waals surface area contributed by atoms with Crippen molar-refractivity contribution in [3.8, 4) is 0 Å². The van der Waals surface area contributed by atoms with Crippen molar-refractivity contribution in [3.63, 3.8) is 0 Å². The van der Waals surface area contributed by atoms with Crippen LogP contribution in [-0.4, -0.2) is 87.5 Å². The number of hydrogen-bond donors (Lipinski definition) is 4. The van der Waals surface area contributed by atoms with Gasteiger partial charge >= 0.3 is 0 Å². The summed E-state index contributed by atoms with van der Waals surface area (Å²) in [6.45, 7) is 9.47. The number of Topliss-reactive ketones (excluding diaryl/α,β-unsaturated/α-hetero) is 1. The van der Waals surface area contributed by atoms with E-state index in [1.54, 1.807) is 23.1 Å². The van der Waals surface area contributed by atoms with Gasteiger partial charge < -0.3 is 25.8 Å². The van der Waals surface area contributed by atoms with E-state index in [4.69, 9.17) is 16.4 Å². The van der Waals surface area contributed by atoms with Crippen LogP contribution in [0, 0.1) is 12.3 Å². The lowest BCUT2D eigenvalue weighted by Gasteiger charge is -2.37. The van der Waals surface area contributed by atoms with Crippen LogP contribution in [-0.2, 0) is 40.1 Å². The Morgan fingerprint density at radius 3 is 2.40 bits per heavy atom. The number of carbonyl (C=O) groups is 6. The van der Waals surface area contributed by atoms with E-state index in [9.17, 15) is 28.8 Å². The first-order valence-corrected chi connectivity index (χ1v) is 19.5. The van der Waals surface area contributed by atoms with E-state index in [0.29, 0.717) is 23.6 Å². The molecule has 4 aliphatic rings. The zero-order chi connectivity index (χ0) is 39.7. The van der Waals surface area contributed by atoms with Gasteiger partial charge in [-0.2, -0.15) is 0 Å². The number of rotatable bonds is 13. The minimum absolute atomic E-state index is 0.0230. The monoisotopic (exact) mass is 774 g/mol. The lowest BCUT2D eigenvalue weighted by molar-refractivity contribution is -0.146. The molecule has 3 fully saturated rings. The smallest absolute Gasteiger partial charge is 0.289 e. The molecule has 1 spiro atoms. The number of halogens is 1. The number of carbonyl (C=O) groups excluding carboxylic acids is 6. The van der Waals surface area contributed by atoms with Crippen molar-refractivity contribution >= 4 is 52.6 Å². The van der Waals surface area contributed by atoms with Gasteiger partial charge in [0.2, 0.25) is 29.4 Å². The number of hydrogen-bond acceptors (Lipinski definition) is 8. The first kappa shape index (κ1) is 39.9. The predicted octanol–water partition coefficient (Wildman–Crippen LogP) is 3.72. The van der Waals surface area contributed by atoms with Crippen LogP contribution < -0.4 is 21.4 Å². The third-order valence-electron chi connectivity index (χ3n) is 10.7. The molecular formula is C41H51ClN6O7. The Kier molecular flexibility index (Phi) is 11.7. The summed E-state index contributed by atoms with van der Waals surface area (Å²) in [5.74, 6) is -3.23. The van der Waals surface area contributed by atoms with E-state index in [2.05, 4.69) is 21.4 Å². The molecule has 3 heterocycles. The van der Waals surface area contributed by atoms with Gasteiger partial charge in [0.15, 0.2) is 0 Å². The number of benzene rings is 2. The molecule has 13 nitrogen and oxygen atoms in total. The molecule has 0 bridgehead atoms. The highest BCUT2D eigenvalue weighted by Gasteiger charge is 2.54. The van der Waals surface area contributed by atoms with Gasteiger partial charge in [0.1, 0.15) is 23.7 Å². The highest BCUT2D eigenvalue weighted by molar-refractivity contribution is 6.38. The van der Waals surface area contributed by atoms with E-state index < -0.39 is 64.6 Å². The fourth-order valence-electron chi connectivity index (χ4n) is 7.55. The Hall–Kier alpha value is -4.75. The Labute approximate surface area is 326 Å². The number of aryl methyl sites for hydroxylation is 1. The van der Waals surface area contributed by atoms with Gasteiger partial charge in [-0.05, 0) is 61.8 Å². The van der Waals surface area contributed by atoms with Gasteiger partial charge in [0.25, 0.3) is 5.91 Å². The number of hydroxylamine groups is 1. The minimum Gasteiger partial charge on any atom is -0.347 e. The van der Waals surface area contributed by atoms with Crippen LogP contribution in [0.5, 0.6) is 0 Å². The van der Waals surface area contributed by atoms with Crippen molar-refractivity contribution in [3.05, 3.63) is 76.3 Å². The van der Waals surface area contributed by atoms with Gasteiger partial charge in [-0.25, -0.2) is 0 Å². The van der Waals surface area contributed by atoms with Crippen LogP contribution in [0.3, 0.4) is 0 Å². The lowest BCUT2D eigenvalue weighted by atomic mass is 9.85. The summed E-state index contributed by atoms with van der Waals surface area (Å²) in [7, 11) is 0. The molecule has 2 aromatic carbocycles. The molecule has 1 saturated carbocycles. The number of ketones is 1. The summed E-state index contributed by atoms with van der Waals surface area (Å²) in [6.07, 6.45) is 4.70. The number of nitrogens with zero attached hydrogens (tertiary/aromatic N) is 2. The average Bonchev–Trinajstić information content (AvgIpc) is 3.55. The van der Waals surface area contributed by atoms with Crippen molar-refractivity contribution in [2.24, 2.45) is 5.41 Å². The van der Waals surface area contributed by atoms with Gasteiger partial charge in [0, 0.05) is 36.0 Å². The van der Waals surface area contributed by atoms with Crippen molar-refractivity contribution in [1.29, 1.82) is 0 Å². The van der Waals surface area contributed by atoms with Crippen molar-refractivity contribution in [2.75, 3.05) is 6.54 Å². The maximum atomic E-state index is 14.9. The molecule has 3 aliphatic heterocycles. The highest BCUT2D eigenvalue weighted by atomic mass is 35.5. The maximum absolute atomic E-state index is 14.9. The second-order valence-electron chi connectivity index (χ2n) is 16.4. The molecule has 294 valence electrons. The SMILES string of the molecule is CCC[C@H](NC(=O)[C@@H]1C[C@]2(C=C(c3cccc(Cl)c3)NO2)CN1C(=O)[C@@H](NC(=O)[C@@H]1CCC(=O)N1Cc1cccc(C)c1)C(C)(C)C)C(=O)C(=O)NC1CC1. The summed E-state index contributed by atoms with van der Waals surface area (Å²) in [5.41, 5.74) is 4.24. The highest BCUT2D eigenvalue weighted by Crippen LogP contribution is 2.39. The quantitative estimate of drug-likeness (QED) is 0.224. The topological polar surface area (TPSA) is 166 Å². The van der Waals surface area contributed by atoms with Crippen LogP contribution in [0.15, 0.2) is 54.6 Å². The van der Waals surface area contributed by atoms with Crippen molar-refractivity contribution in [1.82, 2.24) is 31.2 Å². The fraction of sp³-hybridized carbons (Fsp3) is 0.512. The van der Waals surface area contributed by atoms with E-state index in [0.717, 1.165) is 29.5 Å². The molecule has 6 rings (SSSR count). The molecule has 5 amide bonds. The van der Waals surface area contributed by atoms with Crippen molar-refractivity contribution < 1.29 is 33.6 Å². The Morgan fingerprint density at radius 2 is 1.73 bits per heavy atom. The third kappa shape index (κ3) is 9.21. The normalized spacial score (nSPS) is 23.2. The van der Waals surface area contributed by atoms with Crippen LogP contribution in [0.2, 0.25) is 5.02 Å². The molecule has 2 aromatic rings. The molecular weight excluding hydrogens is 724 g/mol. The summed E-state index contributed by atoms with van der Waals surface area (Å²) in [4.78, 5) is 91.4. The summed E-state index contributed by atoms with van der Waals surface area (Å²) in [5, 5.41) is 8.98. The van der Waals surface area contributed by atoms with Gasteiger partial charge in [-0.15, -0.1) is 0 Å². The fourth-order valence-corrected chi connectivity index (χ4v) is 7.74. The first-order valence-electron chi connectivity index (χ1n) is 19.1. The number of nitrogens with one attached hydrogen (secondary N) is 4. The maximum Gasteiger partial charge on any atom is 0.289 e. The van der Waals surface area contributed by atoms with E-state index in [-0.39, 0.29) is 44.3 Å². The van der Waals surface area contributed by atoms with Crippen LogP contribution >= 0.6 is 11.6 Å². The summed E-state index contributed by atoms with van der Waals surface area (Å²) in [6, 6.07) is 10.8. The summed E-state index contributed by atoms with van der Waals surface area (Å²) >= 11 is 6.27. The van der Waals surface area contributed by atoms with Gasteiger partial charge in [-0.3, -0.25) is 39.1 Å². The van der Waals surface area contributed by atoms with Crippen LogP contribution in [0.1, 0.15) is 89.3 Å². The molecule has 2 saturated heterocycles. The number of likely N-dealkylation sites (tertiary alicyclic amines) is 2. The molecule has 0 radical (unpaired) electrons. The van der Waals surface area contributed by atoms with E-state index in [1.165, 1.54) is 4.90 Å². The van der Waals surface area contributed by atoms with Crippen LogP contribution in [0.25, 0.3) is 5.70 Å². The molecule has 14 heteroatoms. The third-order valence-corrected chi connectivity index (χ3v) is 10.9. The number of amides is 5. The summed E-state index contributed by atoms with van der Waals surface area (Å²) < 4.78 is 0. The largest absolute Gasteiger partial charge is 0.347 e. The van der Waals surface area contributed by atoms with E-state index in [1.807, 2.05) is 71.0 Å². The Bertz CT molecular complexity index is 1890. The molecule has 0 unspecified atom stereocenters. The average molecular weight is 775 g/mol. The van der Waals surface area contributed by atoms with Crippen molar-refractivity contribution in [2.45, 2.75) is 122 Å². The zero-order valence-corrected chi connectivity index (χ0v) is 32.8. The lowest BCUT2D eigenvalue weighted by Crippen LogP contribution is -2.60. The second-order valence-corrected chi connectivity index (χ2v) is 16.8. The molecule has 5 atom stereocenters. The first-order chi connectivity index (χ1) is 26.1. The standard InChI is InChI=1S/C41H51ClN6O7/c1-6-9-29(34(50)38(53)43-28-14-15-28)44-37(52)32-21-41(20-30(46-55-41)26-12-8-13-27(42)19-26)23-48(32)39(54)35(40(3,4)5)45-36(51)31-16-17-33(49)47(31)22-25-11-7-10-24(2)18-25/h7-8,10-13,18-20,28-29,31-32,35,46H,6,9,14-17,21-23H2,1-5H3,(H,43,53)(H,44,52)(H,45,51)/t29-,31-,32-,35+,41+/m0/s1.